The average Bonchev–Trinajstić information content (AvgIpc) is 2.80. The molecule has 1 saturated heterocycles. The summed E-state index contributed by atoms with van der Waals surface area (Å²) in [6.07, 6.45) is 2.85. The summed E-state index contributed by atoms with van der Waals surface area (Å²) >= 11 is 0. The van der Waals surface area contributed by atoms with Gasteiger partial charge in [-0.3, -0.25) is 9.69 Å². The van der Waals surface area contributed by atoms with E-state index in [4.69, 9.17) is 0 Å². The molecule has 0 bridgehead atoms. The van der Waals surface area contributed by atoms with Crippen molar-refractivity contribution in [2.75, 3.05) is 13.1 Å². The molecule has 0 aromatic heterocycles. The van der Waals surface area contributed by atoms with Gasteiger partial charge in [0.1, 0.15) is 6.04 Å². The van der Waals surface area contributed by atoms with E-state index in [-0.39, 0.29) is 18.4 Å². The van der Waals surface area contributed by atoms with E-state index in [0.29, 0.717) is 6.42 Å². The number of likely N-dealkylation sites (tertiary alicyclic amines) is 1. The number of hydrogen-bond acceptors (Lipinski definition) is 2. The van der Waals surface area contributed by atoms with Crippen molar-refractivity contribution in [3.63, 3.8) is 0 Å². The zero-order valence-corrected chi connectivity index (χ0v) is 10.5. The van der Waals surface area contributed by atoms with Crippen LogP contribution in [0.5, 0.6) is 0 Å². The molecule has 1 heterocycles. The summed E-state index contributed by atoms with van der Waals surface area (Å²) in [6, 6.07) is 9.49. The monoisotopic (exact) mass is 255 g/mol. The van der Waals surface area contributed by atoms with Crippen LogP contribution >= 0.6 is 12.4 Å². The van der Waals surface area contributed by atoms with E-state index < -0.39 is 5.97 Å². The van der Waals surface area contributed by atoms with Gasteiger partial charge in [0.05, 0.1) is 0 Å². The molecule has 1 aliphatic heterocycles. The lowest BCUT2D eigenvalue weighted by atomic mass is 10.1. The lowest BCUT2D eigenvalue weighted by molar-refractivity contribution is -0.142. The molecular formula is C13H18ClNO2. The highest BCUT2D eigenvalue weighted by atomic mass is 35.5. The number of halogens is 1. The summed E-state index contributed by atoms with van der Waals surface area (Å²) in [6.45, 7) is 1.84. The molecule has 1 aromatic carbocycles. The SMILES string of the molecule is Cl.O=C(O)C(Cc1ccccc1)N1CCCC1. The van der Waals surface area contributed by atoms with Gasteiger partial charge in [-0.15, -0.1) is 12.4 Å². The number of carbonyl (C=O) groups is 1. The highest BCUT2D eigenvalue weighted by Crippen LogP contribution is 2.15. The highest BCUT2D eigenvalue weighted by molar-refractivity contribution is 5.85. The fraction of sp³-hybridized carbons (Fsp3) is 0.462. The van der Waals surface area contributed by atoms with E-state index in [9.17, 15) is 9.90 Å². The first-order chi connectivity index (χ1) is 7.77. The predicted octanol–water partition coefficient (Wildman–Crippen LogP) is 2.20. The molecule has 0 spiro atoms. The molecule has 0 aliphatic carbocycles. The zero-order chi connectivity index (χ0) is 11.4. The maximum absolute atomic E-state index is 11.2. The molecule has 1 fully saturated rings. The molecule has 94 valence electrons. The van der Waals surface area contributed by atoms with Crippen LogP contribution in [-0.4, -0.2) is 35.1 Å². The highest BCUT2D eigenvalue weighted by Gasteiger charge is 2.27. The van der Waals surface area contributed by atoms with Crippen molar-refractivity contribution < 1.29 is 9.90 Å². The van der Waals surface area contributed by atoms with Crippen molar-refractivity contribution in [1.29, 1.82) is 0 Å². The zero-order valence-electron chi connectivity index (χ0n) is 9.71. The largest absolute Gasteiger partial charge is 0.480 e. The molecule has 1 N–H and O–H groups in total. The van der Waals surface area contributed by atoms with Crippen LogP contribution in [0.4, 0.5) is 0 Å². The van der Waals surface area contributed by atoms with Crippen LogP contribution in [0.3, 0.4) is 0 Å². The van der Waals surface area contributed by atoms with E-state index >= 15 is 0 Å². The molecule has 0 amide bonds. The normalized spacial score (nSPS) is 17.4. The Morgan fingerprint density at radius 3 is 2.35 bits per heavy atom. The Kier molecular flexibility index (Phi) is 5.45. The van der Waals surface area contributed by atoms with E-state index in [2.05, 4.69) is 4.90 Å². The average molecular weight is 256 g/mol. The van der Waals surface area contributed by atoms with Gasteiger partial charge in [-0.25, -0.2) is 0 Å². The van der Waals surface area contributed by atoms with E-state index in [0.717, 1.165) is 31.5 Å². The van der Waals surface area contributed by atoms with Crippen LogP contribution in [0, 0.1) is 0 Å². The van der Waals surface area contributed by atoms with Crippen molar-refractivity contribution >= 4 is 18.4 Å². The number of rotatable bonds is 4. The Hall–Kier alpha value is -1.06. The van der Waals surface area contributed by atoms with Crippen molar-refractivity contribution in [3.05, 3.63) is 35.9 Å². The van der Waals surface area contributed by atoms with Crippen LogP contribution in [0.25, 0.3) is 0 Å². The lowest BCUT2D eigenvalue weighted by Gasteiger charge is -2.23. The maximum atomic E-state index is 11.2. The Bertz CT molecular complexity index is 350. The third-order valence-electron chi connectivity index (χ3n) is 3.14. The number of carboxylic acid groups (broad SMARTS) is 1. The van der Waals surface area contributed by atoms with Gasteiger partial charge in [0.2, 0.25) is 0 Å². The van der Waals surface area contributed by atoms with Gasteiger partial charge in [0.25, 0.3) is 0 Å². The fourth-order valence-corrected chi connectivity index (χ4v) is 2.26. The summed E-state index contributed by atoms with van der Waals surface area (Å²) in [5.41, 5.74) is 1.10. The number of hydrogen-bond donors (Lipinski definition) is 1. The minimum Gasteiger partial charge on any atom is -0.480 e. The molecule has 3 nitrogen and oxygen atoms in total. The van der Waals surface area contributed by atoms with Gasteiger partial charge in [0, 0.05) is 0 Å². The summed E-state index contributed by atoms with van der Waals surface area (Å²) in [5.74, 6) is -0.703. The molecule has 1 atom stereocenters. The summed E-state index contributed by atoms with van der Waals surface area (Å²) < 4.78 is 0. The maximum Gasteiger partial charge on any atom is 0.321 e. The summed E-state index contributed by atoms with van der Waals surface area (Å²) in [4.78, 5) is 13.3. The number of nitrogens with zero attached hydrogens (tertiary/aromatic N) is 1. The van der Waals surface area contributed by atoms with Crippen molar-refractivity contribution in [3.8, 4) is 0 Å². The van der Waals surface area contributed by atoms with Crippen LogP contribution < -0.4 is 0 Å². The third-order valence-corrected chi connectivity index (χ3v) is 3.14. The fourth-order valence-electron chi connectivity index (χ4n) is 2.26. The Balaban J connectivity index is 0.00000144. The smallest absolute Gasteiger partial charge is 0.321 e. The quantitative estimate of drug-likeness (QED) is 0.897. The second-order valence-electron chi connectivity index (χ2n) is 4.29. The molecule has 1 unspecified atom stereocenters. The van der Waals surface area contributed by atoms with E-state index in [1.54, 1.807) is 0 Å². The van der Waals surface area contributed by atoms with Crippen molar-refractivity contribution in [1.82, 2.24) is 4.90 Å². The lowest BCUT2D eigenvalue weighted by Crippen LogP contribution is -2.40. The first-order valence-corrected chi connectivity index (χ1v) is 5.78. The van der Waals surface area contributed by atoms with Crippen LogP contribution in [-0.2, 0) is 11.2 Å². The molecule has 1 aliphatic rings. The number of aliphatic carboxylic acids is 1. The van der Waals surface area contributed by atoms with E-state index in [1.807, 2.05) is 30.3 Å². The Labute approximate surface area is 108 Å². The number of carboxylic acids is 1. The molecule has 0 radical (unpaired) electrons. The van der Waals surface area contributed by atoms with Gasteiger partial charge in [-0.2, -0.15) is 0 Å². The molecular weight excluding hydrogens is 238 g/mol. The van der Waals surface area contributed by atoms with E-state index in [1.165, 1.54) is 0 Å². The molecule has 17 heavy (non-hydrogen) atoms. The molecule has 4 heteroatoms. The van der Waals surface area contributed by atoms with Gasteiger partial charge >= 0.3 is 5.97 Å². The first-order valence-electron chi connectivity index (χ1n) is 5.78. The van der Waals surface area contributed by atoms with Crippen molar-refractivity contribution in [2.24, 2.45) is 0 Å². The summed E-state index contributed by atoms with van der Waals surface area (Å²) in [7, 11) is 0. The third kappa shape index (κ3) is 3.72. The first kappa shape index (κ1) is 14.0. The molecule has 0 saturated carbocycles. The Morgan fingerprint density at radius 2 is 1.82 bits per heavy atom. The van der Waals surface area contributed by atoms with Crippen LogP contribution in [0.15, 0.2) is 30.3 Å². The number of benzene rings is 1. The topological polar surface area (TPSA) is 40.5 Å². The predicted molar refractivity (Wildman–Crippen MR) is 69.6 cm³/mol. The molecule has 1 aromatic rings. The second kappa shape index (κ2) is 6.62. The minimum absolute atomic E-state index is 0. The van der Waals surface area contributed by atoms with Gasteiger partial charge in [0.15, 0.2) is 0 Å². The molecule has 2 rings (SSSR count). The second-order valence-corrected chi connectivity index (χ2v) is 4.29. The van der Waals surface area contributed by atoms with Gasteiger partial charge in [-0.1, -0.05) is 30.3 Å². The van der Waals surface area contributed by atoms with Gasteiger partial charge < -0.3 is 5.11 Å². The minimum atomic E-state index is -0.703. The standard InChI is InChI=1S/C13H17NO2.ClH/c15-13(16)12(14-8-4-5-9-14)10-11-6-2-1-3-7-11;/h1-3,6-7,12H,4-5,8-10H2,(H,15,16);1H. The van der Waals surface area contributed by atoms with Crippen molar-refractivity contribution in [2.45, 2.75) is 25.3 Å². The summed E-state index contributed by atoms with van der Waals surface area (Å²) in [5, 5.41) is 9.25. The van der Waals surface area contributed by atoms with Crippen LogP contribution in [0.2, 0.25) is 0 Å². The van der Waals surface area contributed by atoms with Gasteiger partial charge in [-0.05, 0) is 37.9 Å². The van der Waals surface area contributed by atoms with Crippen LogP contribution in [0.1, 0.15) is 18.4 Å². The Morgan fingerprint density at radius 1 is 1.24 bits per heavy atom.